The molecule has 0 amide bonds. The van der Waals surface area contributed by atoms with E-state index < -0.39 is 0 Å². The van der Waals surface area contributed by atoms with Crippen molar-refractivity contribution in [2.75, 3.05) is 7.11 Å². The smallest absolute Gasteiger partial charge is 0.123 e. The third kappa shape index (κ3) is 3.17. The number of hydrogen-bond donors (Lipinski definition) is 0. The molecule has 0 aliphatic heterocycles. The topological polar surface area (TPSA) is 9.23 Å². The molecule has 1 aromatic rings. The lowest BCUT2D eigenvalue weighted by atomic mass is 9.80. The maximum atomic E-state index is 12.8. The second-order valence-corrected chi connectivity index (χ2v) is 4.68. The fourth-order valence-electron chi connectivity index (χ4n) is 1.96. The quantitative estimate of drug-likeness (QED) is 0.692. The van der Waals surface area contributed by atoms with Crippen LogP contribution in [0.3, 0.4) is 0 Å². The average molecular weight is 222 g/mol. The van der Waals surface area contributed by atoms with Crippen LogP contribution in [-0.2, 0) is 11.2 Å². The van der Waals surface area contributed by atoms with Crippen molar-refractivity contribution in [2.24, 2.45) is 5.41 Å². The molecule has 1 aromatic carbocycles. The summed E-state index contributed by atoms with van der Waals surface area (Å²) in [5.74, 6) is -0.200. The van der Waals surface area contributed by atoms with Crippen LogP contribution in [0, 0.1) is 11.2 Å². The number of methoxy groups -OCH3 is 1. The standard InChI is InChI=1S/C14H19FO/c1-5-13(16-4)14(2,3)10-11-6-8-12(15)9-7-11/h5-9,13H,1,10H2,2-4H3. The second kappa shape index (κ2) is 5.26. The Morgan fingerprint density at radius 2 is 1.94 bits per heavy atom. The summed E-state index contributed by atoms with van der Waals surface area (Å²) in [5.41, 5.74) is 1.06. The molecule has 0 radical (unpaired) electrons. The summed E-state index contributed by atoms with van der Waals surface area (Å²) < 4.78 is 18.1. The van der Waals surface area contributed by atoms with Crippen LogP contribution < -0.4 is 0 Å². The highest BCUT2D eigenvalue weighted by Gasteiger charge is 2.27. The van der Waals surface area contributed by atoms with E-state index in [1.54, 1.807) is 7.11 Å². The number of benzene rings is 1. The summed E-state index contributed by atoms with van der Waals surface area (Å²) in [7, 11) is 1.68. The lowest BCUT2D eigenvalue weighted by Crippen LogP contribution is -2.31. The largest absolute Gasteiger partial charge is 0.377 e. The Balaban J connectivity index is 2.78. The maximum absolute atomic E-state index is 12.8. The number of hydrogen-bond acceptors (Lipinski definition) is 1. The van der Waals surface area contributed by atoms with Crippen molar-refractivity contribution >= 4 is 0 Å². The van der Waals surface area contributed by atoms with Crippen molar-refractivity contribution in [3.8, 4) is 0 Å². The van der Waals surface area contributed by atoms with Gasteiger partial charge < -0.3 is 4.74 Å². The van der Waals surface area contributed by atoms with Crippen LogP contribution >= 0.6 is 0 Å². The average Bonchev–Trinajstić information content (AvgIpc) is 2.22. The van der Waals surface area contributed by atoms with Crippen molar-refractivity contribution in [1.29, 1.82) is 0 Å². The van der Waals surface area contributed by atoms with E-state index in [1.165, 1.54) is 12.1 Å². The number of rotatable bonds is 5. The van der Waals surface area contributed by atoms with Gasteiger partial charge in [-0.2, -0.15) is 0 Å². The summed E-state index contributed by atoms with van der Waals surface area (Å²) >= 11 is 0. The van der Waals surface area contributed by atoms with Crippen LogP contribution in [0.5, 0.6) is 0 Å². The minimum absolute atomic E-state index is 0.00227. The zero-order valence-electron chi connectivity index (χ0n) is 10.2. The molecule has 1 unspecified atom stereocenters. The van der Waals surface area contributed by atoms with Gasteiger partial charge in [0.15, 0.2) is 0 Å². The van der Waals surface area contributed by atoms with Gasteiger partial charge in [0.05, 0.1) is 6.10 Å². The first kappa shape index (κ1) is 12.9. The first-order valence-corrected chi connectivity index (χ1v) is 5.39. The molecule has 0 N–H and O–H groups in total. The van der Waals surface area contributed by atoms with Gasteiger partial charge in [-0.05, 0) is 29.5 Å². The van der Waals surface area contributed by atoms with Crippen molar-refractivity contribution in [3.63, 3.8) is 0 Å². The second-order valence-electron chi connectivity index (χ2n) is 4.68. The van der Waals surface area contributed by atoms with Crippen LogP contribution in [0.2, 0.25) is 0 Å². The summed E-state index contributed by atoms with van der Waals surface area (Å²) in [5, 5.41) is 0. The molecular formula is C14H19FO. The van der Waals surface area contributed by atoms with Gasteiger partial charge in [-0.1, -0.05) is 32.1 Å². The zero-order chi connectivity index (χ0) is 12.2. The molecule has 88 valence electrons. The van der Waals surface area contributed by atoms with Crippen molar-refractivity contribution < 1.29 is 9.13 Å². The van der Waals surface area contributed by atoms with Gasteiger partial charge in [-0.25, -0.2) is 4.39 Å². The van der Waals surface area contributed by atoms with Crippen LogP contribution in [-0.4, -0.2) is 13.2 Å². The Hall–Kier alpha value is -1.15. The lowest BCUT2D eigenvalue weighted by Gasteiger charge is -2.31. The van der Waals surface area contributed by atoms with Gasteiger partial charge in [-0.15, -0.1) is 6.58 Å². The van der Waals surface area contributed by atoms with E-state index in [-0.39, 0.29) is 17.3 Å². The molecule has 0 spiro atoms. The van der Waals surface area contributed by atoms with Crippen LogP contribution in [0.25, 0.3) is 0 Å². The van der Waals surface area contributed by atoms with E-state index in [4.69, 9.17) is 4.74 Å². The molecule has 0 saturated carbocycles. The molecule has 1 rings (SSSR count). The molecule has 0 aliphatic carbocycles. The van der Waals surface area contributed by atoms with E-state index >= 15 is 0 Å². The molecular weight excluding hydrogens is 203 g/mol. The van der Waals surface area contributed by atoms with Gasteiger partial charge in [-0.3, -0.25) is 0 Å². The fourth-order valence-corrected chi connectivity index (χ4v) is 1.96. The molecule has 0 aliphatic rings. The summed E-state index contributed by atoms with van der Waals surface area (Å²) in [6, 6.07) is 6.60. The summed E-state index contributed by atoms with van der Waals surface area (Å²) in [6.45, 7) is 8.00. The number of halogens is 1. The number of ether oxygens (including phenoxy) is 1. The first-order valence-electron chi connectivity index (χ1n) is 5.39. The third-order valence-electron chi connectivity index (χ3n) is 2.81. The Kier molecular flexibility index (Phi) is 4.25. The molecule has 0 bridgehead atoms. The monoisotopic (exact) mass is 222 g/mol. The van der Waals surface area contributed by atoms with E-state index in [0.717, 1.165) is 12.0 Å². The molecule has 1 atom stereocenters. The van der Waals surface area contributed by atoms with Gasteiger partial charge in [0.1, 0.15) is 5.82 Å². The molecule has 0 aromatic heterocycles. The lowest BCUT2D eigenvalue weighted by molar-refractivity contribution is 0.0430. The van der Waals surface area contributed by atoms with E-state index in [9.17, 15) is 4.39 Å². The van der Waals surface area contributed by atoms with Crippen LogP contribution in [0.4, 0.5) is 4.39 Å². The Morgan fingerprint density at radius 1 is 1.38 bits per heavy atom. The van der Waals surface area contributed by atoms with Crippen molar-refractivity contribution in [3.05, 3.63) is 48.3 Å². The third-order valence-corrected chi connectivity index (χ3v) is 2.81. The summed E-state index contributed by atoms with van der Waals surface area (Å²) in [4.78, 5) is 0. The molecule has 16 heavy (non-hydrogen) atoms. The Morgan fingerprint density at radius 3 is 2.38 bits per heavy atom. The fraction of sp³-hybridized carbons (Fsp3) is 0.429. The van der Waals surface area contributed by atoms with E-state index in [2.05, 4.69) is 20.4 Å². The highest BCUT2D eigenvalue weighted by Crippen LogP contribution is 2.28. The van der Waals surface area contributed by atoms with Gasteiger partial charge >= 0.3 is 0 Å². The molecule has 1 nitrogen and oxygen atoms in total. The zero-order valence-corrected chi connectivity index (χ0v) is 10.2. The molecule has 2 heteroatoms. The molecule has 0 saturated heterocycles. The van der Waals surface area contributed by atoms with Crippen molar-refractivity contribution in [2.45, 2.75) is 26.4 Å². The molecule has 0 heterocycles. The van der Waals surface area contributed by atoms with Crippen LogP contribution in [0.1, 0.15) is 19.4 Å². The normalized spacial score (nSPS) is 13.5. The minimum Gasteiger partial charge on any atom is -0.377 e. The highest BCUT2D eigenvalue weighted by molar-refractivity contribution is 5.18. The van der Waals surface area contributed by atoms with E-state index in [1.807, 2.05) is 18.2 Å². The Bertz CT molecular complexity index is 340. The van der Waals surface area contributed by atoms with Crippen molar-refractivity contribution in [1.82, 2.24) is 0 Å². The molecule has 0 fully saturated rings. The van der Waals surface area contributed by atoms with Crippen LogP contribution in [0.15, 0.2) is 36.9 Å². The first-order chi connectivity index (χ1) is 7.49. The van der Waals surface area contributed by atoms with Gasteiger partial charge in [0.2, 0.25) is 0 Å². The predicted molar refractivity (Wildman–Crippen MR) is 64.9 cm³/mol. The van der Waals surface area contributed by atoms with Gasteiger partial charge in [0.25, 0.3) is 0 Å². The minimum atomic E-state index is -0.200. The SMILES string of the molecule is C=CC(OC)C(C)(C)Cc1ccc(F)cc1. The Labute approximate surface area is 96.9 Å². The van der Waals surface area contributed by atoms with Gasteiger partial charge in [0, 0.05) is 7.11 Å². The summed E-state index contributed by atoms with van der Waals surface area (Å²) in [6.07, 6.45) is 2.64. The predicted octanol–water partition coefficient (Wildman–Crippen LogP) is 3.60. The maximum Gasteiger partial charge on any atom is 0.123 e. The van der Waals surface area contributed by atoms with E-state index in [0.29, 0.717) is 0 Å². The highest BCUT2D eigenvalue weighted by atomic mass is 19.1.